The van der Waals surface area contributed by atoms with E-state index < -0.39 is 38.8 Å². The summed E-state index contributed by atoms with van der Waals surface area (Å²) in [7, 11) is -3.77. The number of nitrogens with two attached hydrogens (primary N) is 1. The average Bonchev–Trinajstić information content (AvgIpc) is 1.55. The molecule has 0 radical (unpaired) electrons. The molecule has 0 aliphatic rings. The fraction of sp³-hybridized carbons (Fsp3) is 1.00. The number of hydrogen-bond acceptors (Lipinski definition) is 3. The van der Waals surface area contributed by atoms with Gasteiger partial charge in [0.25, 0.3) is 0 Å². The molecule has 0 fully saturated rings. The van der Waals surface area contributed by atoms with E-state index in [1.54, 1.807) is 0 Å². The van der Waals surface area contributed by atoms with E-state index in [4.69, 9.17) is 0 Å². The second kappa shape index (κ2) is 3.63. The standard InChI is InChI=1S/C3H6F3NO2S2/c4-3(5,6)10-1-2-11(7,8)9/h1-2H2,(H2,7,8,9). The van der Waals surface area contributed by atoms with Crippen molar-refractivity contribution >= 4 is 21.8 Å². The number of halogens is 3. The van der Waals surface area contributed by atoms with Gasteiger partial charge in [0, 0.05) is 5.75 Å². The van der Waals surface area contributed by atoms with Gasteiger partial charge in [-0.15, -0.1) is 0 Å². The van der Waals surface area contributed by atoms with E-state index in [0.29, 0.717) is 0 Å². The van der Waals surface area contributed by atoms with E-state index in [9.17, 15) is 21.6 Å². The van der Waals surface area contributed by atoms with Crippen LogP contribution in [-0.4, -0.2) is 25.4 Å². The quantitative estimate of drug-likeness (QED) is 0.737. The summed E-state index contributed by atoms with van der Waals surface area (Å²) in [6.45, 7) is 0. The van der Waals surface area contributed by atoms with Crippen LogP contribution in [0.15, 0.2) is 0 Å². The van der Waals surface area contributed by atoms with Crippen LogP contribution < -0.4 is 5.14 Å². The molecule has 0 atom stereocenters. The third kappa shape index (κ3) is 10.1. The van der Waals surface area contributed by atoms with Crippen molar-refractivity contribution < 1.29 is 21.6 Å². The molecule has 8 heteroatoms. The van der Waals surface area contributed by atoms with Crippen LogP contribution in [0.4, 0.5) is 13.2 Å². The zero-order chi connectivity index (χ0) is 9.12. The summed E-state index contributed by atoms with van der Waals surface area (Å²) in [4.78, 5) is 0. The van der Waals surface area contributed by atoms with Crippen LogP contribution in [0.1, 0.15) is 0 Å². The minimum absolute atomic E-state index is 0.399. The molecule has 0 saturated heterocycles. The van der Waals surface area contributed by atoms with Crippen LogP contribution in [0.3, 0.4) is 0 Å². The first-order chi connectivity index (χ1) is 4.71. The summed E-state index contributed by atoms with van der Waals surface area (Å²) in [6, 6.07) is 0. The Kier molecular flexibility index (Phi) is 3.65. The van der Waals surface area contributed by atoms with Gasteiger partial charge < -0.3 is 0 Å². The van der Waals surface area contributed by atoms with Crippen LogP contribution in [0.2, 0.25) is 0 Å². The van der Waals surface area contributed by atoms with Gasteiger partial charge in [0.15, 0.2) is 0 Å². The SMILES string of the molecule is NS(=O)(=O)CCSC(F)(F)F. The lowest BCUT2D eigenvalue weighted by molar-refractivity contribution is -0.0326. The predicted octanol–water partition coefficient (Wildman–Crippen LogP) is 0.528. The van der Waals surface area contributed by atoms with Crippen molar-refractivity contribution in [3.05, 3.63) is 0 Å². The van der Waals surface area contributed by atoms with E-state index in [2.05, 4.69) is 5.14 Å². The minimum Gasteiger partial charge on any atom is -0.229 e. The Bertz CT molecular complexity index is 209. The molecule has 68 valence electrons. The maximum atomic E-state index is 11.4. The minimum atomic E-state index is -4.38. The van der Waals surface area contributed by atoms with E-state index in [1.165, 1.54) is 0 Å². The zero-order valence-corrected chi connectivity index (χ0v) is 6.89. The Morgan fingerprint density at radius 1 is 1.36 bits per heavy atom. The van der Waals surface area contributed by atoms with E-state index in [0.717, 1.165) is 0 Å². The Morgan fingerprint density at radius 3 is 2.09 bits per heavy atom. The van der Waals surface area contributed by atoms with Crippen LogP contribution >= 0.6 is 11.8 Å². The normalized spacial score (nSPS) is 13.5. The van der Waals surface area contributed by atoms with E-state index in [1.807, 2.05) is 0 Å². The summed E-state index contributed by atoms with van der Waals surface area (Å²) >= 11 is -0.399. The van der Waals surface area contributed by atoms with Gasteiger partial charge in [0.05, 0.1) is 5.75 Å². The number of alkyl halides is 3. The van der Waals surface area contributed by atoms with E-state index in [-0.39, 0.29) is 0 Å². The molecule has 0 bridgehead atoms. The lowest BCUT2D eigenvalue weighted by atomic mass is 11.0. The van der Waals surface area contributed by atoms with Gasteiger partial charge >= 0.3 is 5.51 Å². The van der Waals surface area contributed by atoms with E-state index >= 15 is 0 Å². The van der Waals surface area contributed by atoms with Crippen LogP contribution in [0, 0.1) is 0 Å². The lowest BCUT2D eigenvalue weighted by Crippen LogP contribution is -2.19. The molecule has 0 aromatic heterocycles. The highest BCUT2D eigenvalue weighted by atomic mass is 32.2. The summed E-state index contributed by atoms with van der Waals surface area (Å²) in [5, 5.41) is 4.46. The Balaban J connectivity index is 3.61. The van der Waals surface area contributed by atoms with Crippen molar-refractivity contribution in [3.63, 3.8) is 0 Å². The summed E-state index contributed by atoms with van der Waals surface area (Å²) in [6.07, 6.45) is 0. The van der Waals surface area contributed by atoms with Crippen molar-refractivity contribution in [2.45, 2.75) is 5.51 Å². The maximum Gasteiger partial charge on any atom is 0.441 e. The molecule has 0 heterocycles. The van der Waals surface area contributed by atoms with Crippen molar-refractivity contribution in [1.82, 2.24) is 0 Å². The second-order valence-corrected chi connectivity index (χ2v) is 4.55. The molecule has 0 rings (SSSR count). The lowest BCUT2D eigenvalue weighted by Gasteiger charge is -2.03. The summed E-state index contributed by atoms with van der Waals surface area (Å²) in [5.74, 6) is -1.21. The summed E-state index contributed by atoms with van der Waals surface area (Å²) in [5.41, 5.74) is -4.38. The van der Waals surface area contributed by atoms with Gasteiger partial charge in [-0.05, 0) is 11.8 Å². The molecule has 3 nitrogen and oxygen atoms in total. The second-order valence-electron chi connectivity index (χ2n) is 1.66. The molecular weight excluding hydrogens is 203 g/mol. The predicted molar refractivity (Wildman–Crippen MR) is 36.5 cm³/mol. The third-order valence-electron chi connectivity index (χ3n) is 0.634. The molecule has 0 aliphatic carbocycles. The largest absolute Gasteiger partial charge is 0.441 e. The van der Waals surface area contributed by atoms with Crippen molar-refractivity contribution in [2.75, 3.05) is 11.5 Å². The molecule has 2 N–H and O–H groups in total. The van der Waals surface area contributed by atoms with Gasteiger partial charge in [-0.1, -0.05) is 0 Å². The molecule has 11 heavy (non-hydrogen) atoms. The summed E-state index contributed by atoms with van der Waals surface area (Å²) < 4.78 is 54.3. The Morgan fingerprint density at radius 2 is 1.82 bits per heavy atom. The number of primary sulfonamides is 1. The van der Waals surface area contributed by atoms with Crippen LogP contribution in [-0.2, 0) is 10.0 Å². The number of sulfonamides is 1. The van der Waals surface area contributed by atoms with Crippen LogP contribution in [0.5, 0.6) is 0 Å². The van der Waals surface area contributed by atoms with Crippen molar-refractivity contribution in [1.29, 1.82) is 0 Å². The van der Waals surface area contributed by atoms with Gasteiger partial charge in [0.1, 0.15) is 0 Å². The van der Waals surface area contributed by atoms with Gasteiger partial charge in [0.2, 0.25) is 10.0 Å². The Labute approximate surface area is 66.2 Å². The van der Waals surface area contributed by atoms with Crippen molar-refractivity contribution in [2.24, 2.45) is 5.14 Å². The molecule has 0 aliphatic heterocycles. The van der Waals surface area contributed by atoms with Crippen LogP contribution in [0.25, 0.3) is 0 Å². The fourth-order valence-corrected chi connectivity index (χ4v) is 1.77. The molecule has 0 aromatic rings. The molecular formula is C3H6F3NO2S2. The molecule has 0 saturated carbocycles. The van der Waals surface area contributed by atoms with Gasteiger partial charge in [-0.3, -0.25) is 0 Å². The maximum absolute atomic E-state index is 11.4. The highest BCUT2D eigenvalue weighted by Crippen LogP contribution is 2.29. The topological polar surface area (TPSA) is 60.2 Å². The van der Waals surface area contributed by atoms with Crippen molar-refractivity contribution in [3.8, 4) is 0 Å². The smallest absolute Gasteiger partial charge is 0.229 e. The molecule has 0 amide bonds. The van der Waals surface area contributed by atoms with Gasteiger partial charge in [-0.2, -0.15) is 13.2 Å². The molecule has 0 aromatic carbocycles. The first-order valence-electron chi connectivity index (χ1n) is 2.42. The molecule has 0 spiro atoms. The Hall–Kier alpha value is 0.0500. The average molecular weight is 209 g/mol. The first kappa shape index (κ1) is 11.1. The fourth-order valence-electron chi connectivity index (χ4n) is 0.274. The molecule has 0 unspecified atom stereocenters. The number of thioether (sulfide) groups is 1. The zero-order valence-electron chi connectivity index (χ0n) is 5.26. The van der Waals surface area contributed by atoms with Gasteiger partial charge in [-0.25, -0.2) is 13.6 Å². The third-order valence-corrected chi connectivity index (χ3v) is 2.40. The first-order valence-corrected chi connectivity index (χ1v) is 5.12. The number of rotatable bonds is 3. The highest BCUT2D eigenvalue weighted by Gasteiger charge is 2.28. The highest BCUT2D eigenvalue weighted by molar-refractivity contribution is 8.01. The monoisotopic (exact) mass is 209 g/mol. The number of hydrogen-bond donors (Lipinski definition) is 1.